The van der Waals surface area contributed by atoms with Crippen molar-refractivity contribution in [1.29, 1.82) is 0 Å². The number of hydrogen-bond acceptors (Lipinski definition) is 2. The Morgan fingerprint density at radius 2 is 2.05 bits per heavy atom. The first-order valence-electron chi connectivity index (χ1n) is 8.29. The Morgan fingerprint density at radius 1 is 1.21 bits per heavy atom. The predicted octanol–water partition coefficient (Wildman–Crippen LogP) is 2.91. The van der Waals surface area contributed by atoms with Crippen molar-refractivity contribution < 1.29 is 0 Å². The molecule has 2 nitrogen and oxygen atoms in total. The maximum absolute atomic E-state index is 3.85. The number of allylic oxidation sites excluding steroid dienone is 2. The van der Waals surface area contributed by atoms with Crippen molar-refractivity contribution in [3.63, 3.8) is 0 Å². The van der Waals surface area contributed by atoms with Crippen molar-refractivity contribution in [3.05, 3.63) is 12.2 Å². The standard InChI is InChI=1S/C17H30N2/c1-12(2)19-7-6-15(11-19)10-18-13(3)17-9-14-4-5-16(17)8-14/h4-5,12-18H,6-11H2,1-3H3. The van der Waals surface area contributed by atoms with E-state index < -0.39 is 0 Å². The summed E-state index contributed by atoms with van der Waals surface area (Å²) < 4.78 is 0. The molecule has 5 atom stereocenters. The quantitative estimate of drug-likeness (QED) is 0.766. The van der Waals surface area contributed by atoms with Crippen LogP contribution in [0.4, 0.5) is 0 Å². The fourth-order valence-corrected chi connectivity index (χ4v) is 4.40. The lowest BCUT2D eigenvalue weighted by Gasteiger charge is -2.27. The van der Waals surface area contributed by atoms with E-state index in [4.69, 9.17) is 0 Å². The van der Waals surface area contributed by atoms with Gasteiger partial charge in [0.15, 0.2) is 0 Å². The Morgan fingerprint density at radius 3 is 2.63 bits per heavy atom. The Bertz CT molecular complexity index is 336. The van der Waals surface area contributed by atoms with Crippen LogP contribution in [0.1, 0.15) is 40.0 Å². The van der Waals surface area contributed by atoms with E-state index in [9.17, 15) is 0 Å². The van der Waals surface area contributed by atoms with E-state index in [1.165, 1.54) is 38.9 Å². The van der Waals surface area contributed by atoms with E-state index in [1.807, 2.05) is 0 Å². The van der Waals surface area contributed by atoms with E-state index in [2.05, 4.69) is 43.1 Å². The number of rotatable bonds is 5. The van der Waals surface area contributed by atoms with Crippen LogP contribution in [0.5, 0.6) is 0 Å². The molecule has 0 spiro atoms. The fourth-order valence-electron chi connectivity index (χ4n) is 4.40. The predicted molar refractivity (Wildman–Crippen MR) is 81.1 cm³/mol. The molecule has 1 heterocycles. The summed E-state index contributed by atoms with van der Waals surface area (Å²) in [5.41, 5.74) is 0. The van der Waals surface area contributed by atoms with Gasteiger partial charge in [0.05, 0.1) is 0 Å². The molecule has 3 aliphatic rings. The van der Waals surface area contributed by atoms with Crippen LogP contribution in [-0.4, -0.2) is 36.6 Å². The van der Waals surface area contributed by atoms with Gasteiger partial charge < -0.3 is 10.2 Å². The smallest absolute Gasteiger partial charge is 0.00729 e. The summed E-state index contributed by atoms with van der Waals surface area (Å²) in [6, 6.07) is 1.42. The fraction of sp³-hybridized carbons (Fsp3) is 0.882. The van der Waals surface area contributed by atoms with Crippen LogP contribution in [0.25, 0.3) is 0 Å². The monoisotopic (exact) mass is 262 g/mol. The van der Waals surface area contributed by atoms with Crippen molar-refractivity contribution in [1.82, 2.24) is 10.2 Å². The van der Waals surface area contributed by atoms with Gasteiger partial charge in [0.25, 0.3) is 0 Å². The molecule has 19 heavy (non-hydrogen) atoms. The molecule has 0 amide bonds. The summed E-state index contributed by atoms with van der Waals surface area (Å²) in [5, 5.41) is 3.85. The van der Waals surface area contributed by atoms with Crippen molar-refractivity contribution in [2.24, 2.45) is 23.7 Å². The lowest BCUT2D eigenvalue weighted by atomic mass is 9.87. The summed E-state index contributed by atoms with van der Waals surface area (Å²) in [5.74, 6) is 3.56. The number of fused-ring (bicyclic) bond motifs is 2. The first-order valence-corrected chi connectivity index (χ1v) is 8.29. The van der Waals surface area contributed by atoms with Gasteiger partial charge in [-0.15, -0.1) is 0 Å². The molecular weight excluding hydrogens is 232 g/mol. The van der Waals surface area contributed by atoms with Crippen LogP contribution in [0.15, 0.2) is 12.2 Å². The molecule has 1 N–H and O–H groups in total. The largest absolute Gasteiger partial charge is 0.314 e. The third-order valence-electron chi connectivity index (χ3n) is 5.75. The second-order valence-electron chi connectivity index (χ2n) is 7.38. The van der Waals surface area contributed by atoms with Crippen molar-refractivity contribution in [2.75, 3.05) is 19.6 Å². The third kappa shape index (κ3) is 2.90. The van der Waals surface area contributed by atoms with Crippen LogP contribution in [-0.2, 0) is 0 Å². The van der Waals surface area contributed by atoms with Crippen LogP contribution >= 0.6 is 0 Å². The molecule has 2 aliphatic carbocycles. The summed E-state index contributed by atoms with van der Waals surface area (Å²) in [6.07, 6.45) is 9.17. The van der Waals surface area contributed by atoms with Gasteiger partial charge in [-0.2, -0.15) is 0 Å². The Labute approximate surface area is 118 Å². The maximum Gasteiger partial charge on any atom is 0.00729 e. The van der Waals surface area contributed by atoms with Gasteiger partial charge in [0, 0.05) is 18.6 Å². The van der Waals surface area contributed by atoms with Gasteiger partial charge in [-0.1, -0.05) is 12.2 Å². The first kappa shape index (κ1) is 13.6. The SMILES string of the molecule is CC(NCC1CCN(C(C)C)C1)C1CC2C=CC1C2. The van der Waals surface area contributed by atoms with E-state index in [-0.39, 0.29) is 0 Å². The lowest BCUT2D eigenvalue weighted by molar-refractivity contribution is 0.257. The molecule has 1 saturated carbocycles. The molecule has 0 aromatic rings. The highest BCUT2D eigenvalue weighted by Gasteiger charge is 2.38. The number of likely N-dealkylation sites (tertiary alicyclic amines) is 1. The zero-order valence-corrected chi connectivity index (χ0v) is 12.8. The molecule has 1 saturated heterocycles. The molecule has 2 heteroatoms. The molecule has 2 fully saturated rings. The highest BCUT2D eigenvalue weighted by Crippen LogP contribution is 2.44. The minimum absolute atomic E-state index is 0.702. The molecule has 108 valence electrons. The zero-order chi connectivity index (χ0) is 13.4. The molecule has 0 radical (unpaired) electrons. The van der Waals surface area contributed by atoms with Gasteiger partial charge in [0.1, 0.15) is 0 Å². The van der Waals surface area contributed by atoms with Gasteiger partial charge >= 0.3 is 0 Å². The van der Waals surface area contributed by atoms with Crippen LogP contribution < -0.4 is 5.32 Å². The van der Waals surface area contributed by atoms with Crippen molar-refractivity contribution in [3.8, 4) is 0 Å². The second kappa shape index (κ2) is 5.57. The van der Waals surface area contributed by atoms with Gasteiger partial charge in [-0.3, -0.25) is 0 Å². The summed E-state index contributed by atoms with van der Waals surface area (Å²) in [6.45, 7) is 10.9. The second-order valence-corrected chi connectivity index (χ2v) is 7.38. The minimum Gasteiger partial charge on any atom is -0.314 e. The van der Waals surface area contributed by atoms with E-state index in [1.54, 1.807) is 0 Å². The van der Waals surface area contributed by atoms with E-state index >= 15 is 0 Å². The van der Waals surface area contributed by atoms with Crippen molar-refractivity contribution >= 4 is 0 Å². The van der Waals surface area contributed by atoms with Gasteiger partial charge in [-0.25, -0.2) is 0 Å². The Kier molecular flexibility index (Phi) is 4.00. The molecule has 1 aliphatic heterocycles. The van der Waals surface area contributed by atoms with Crippen molar-refractivity contribution in [2.45, 2.75) is 52.1 Å². The summed E-state index contributed by atoms with van der Waals surface area (Å²) in [7, 11) is 0. The topological polar surface area (TPSA) is 15.3 Å². The van der Waals surface area contributed by atoms with E-state index in [0.717, 1.165) is 29.7 Å². The van der Waals surface area contributed by atoms with Crippen LogP contribution in [0, 0.1) is 23.7 Å². The molecule has 0 aromatic heterocycles. The van der Waals surface area contributed by atoms with Crippen LogP contribution in [0.2, 0.25) is 0 Å². The maximum atomic E-state index is 3.85. The number of hydrogen-bond donors (Lipinski definition) is 1. The molecular formula is C17H30N2. The van der Waals surface area contributed by atoms with Crippen LogP contribution in [0.3, 0.4) is 0 Å². The normalized spacial score (nSPS) is 39.6. The zero-order valence-electron chi connectivity index (χ0n) is 12.8. The summed E-state index contributed by atoms with van der Waals surface area (Å²) in [4.78, 5) is 2.62. The number of nitrogens with one attached hydrogen (secondary N) is 1. The minimum atomic E-state index is 0.702. The first-order chi connectivity index (χ1) is 9.13. The molecule has 5 unspecified atom stereocenters. The Hall–Kier alpha value is -0.340. The third-order valence-corrected chi connectivity index (χ3v) is 5.75. The van der Waals surface area contributed by atoms with Gasteiger partial charge in [-0.05, 0) is 76.8 Å². The number of nitrogens with zero attached hydrogens (tertiary/aromatic N) is 1. The average molecular weight is 262 g/mol. The lowest BCUT2D eigenvalue weighted by Crippen LogP contribution is -2.39. The highest BCUT2D eigenvalue weighted by atomic mass is 15.2. The van der Waals surface area contributed by atoms with Gasteiger partial charge in [0.2, 0.25) is 0 Å². The average Bonchev–Trinajstić information content (AvgIpc) is 3.11. The molecule has 0 aromatic carbocycles. The summed E-state index contributed by atoms with van der Waals surface area (Å²) >= 11 is 0. The highest BCUT2D eigenvalue weighted by molar-refractivity contribution is 5.11. The van der Waals surface area contributed by atoms with E-state index in [0.29, 0.717) is 6.04 Å². The molecule has 3 rings (SSSR count). The molecule has 2 bridgehead atoms. The Balaban J connectivity index is 1.42.